The number of halogens is 6. The van der Waals surface area contributed by atoms with Crippen LogP contribution in [0.3, 0.4) is 0 Å². The monoisotopic (exact) mass is 585 g/mol. The number of nitrogens with zero attached hydrogens (tertiary/aromatic N) is 3. The summed E-state index contributed by atoms with van der Waals surface area (Å²) in [4.78, 5) is 31.9. The van der Waals surface area contributed by atoms with Crippen molar-refractivity contribution in [2.24, 2.45) is 0 Å². The maximum atomic E-state index is 13.9. The quantitative estimate of drug-likeness (QED) is 0.472. The molecule has 2 aliphatic heterocycles. The van der Waals surface area contributed by atoms with E-state index in [2.05, 4.69) is 0 Å². The molecule has 0 radical (unpaired) electrons. The topological polar surface area (TPSA) is 64.1 Å². The number of urea groups is 1. The summed E-state index contributed by atoms with van der Waals surface area (Å²) in [6, 6.07) is 9.17. The molecule has 2 aliphatic rings. The summed E-state index contributed by atoms with van der Waals surface area (Å²) in [6.45, 7) is 3.28. The Morgan fingerprint density at radius 2 is 1.49 bits per heavy atom. The highest BCUT2D eigenvalue weighted by Gasteiger charge is 2.46. The van der Waals surface area contributed by atoms with Crippen LogP contribution in [-0.4, -0.2) is 77.1 Å². The first-order valence-corrected chi connectivity index (χ1v) is 13.3. The fraction of sp³-hybridized carbons (Fsp3) is 0.517. The standard InChI is InChI=1S/C29H33F6N3O3/c1-27(2,19-12-20(28(30,31)32)14-21(13-19)29(33,34)35)25(40)36(3)24-16-37(15-23(24)18-8-5-4-6-9-18)26(41)38-11-7-10-22(38)17-39/h4-6,8-9,12-14,22-24,39H,7,10-11,15-17H2,1-3H3/t22-,23-,24+/m0/s1. The molecule has 41 heavy (non-hydrogen) atoms. The van der Waals surface area contributed by atoms with Gasteiger partial charge in [0.05, 0.1) is 35.2 Å². The number of amides is 3. The Bertz CT molecular complexity index is 1230. The molecule has 6 nitrogen and oxygen atoms in total. The normalized spacial score (nSPS) is 21.9. The van der Waals surface area contributed by atoms with Crippen molar-refractivity contribution in [2.45, 2.75) is 62.5 Å². The smallest absolute Gasteiger partial charge is 0.394 e. The van der Waals surface area contributed by atoms with Gasteiger partial charge in [0.2, 0.25) is 5.91 Å². The summed E-state index contributed by atoms with van der Waals surface area (Å²) in [7, 11) is 1.46. The first kappa shape index (κ1) is 30.7. The van der Waals surface area contributed by atoms with E-state index in [1.807, 2.05) is 30.3 Å². The lowest BCUT2D eigenvalue weighted by Gasteiger charge is -2.36. The number of likely N-dealkylation sites (N-methyl/N-ethyl adjacent to an activating group) is 1. The molecule has 12 heteroatoms. The molecule has 0 bridgehead atoms. The van der Waals surface area contributed by atoms with Gasteiger partial charge in [0.25, 0.3) is 0 Å². The highest BCUT2D eigenvalue weighted by atomic mass is 19.4. The lowest BCUT2D eigenvalue weighted by molar-refractivity contribution is -0.144. The molecule has 2 aromatic rings. The second-order valence-corrected chi connectivity index (χ2v) is 11.3. The molecule has 2 fully saturated rings. The van der Waals surface area contributed by atoms with E-state index < -0.39 is 46.4 Å². The molecule has 224 valence electrons. The average Bonchev–Trinajstić information content (AvgIpc) is 3.59. The lowest BCUT2D eigenvalue weighted by Crippen LogP contribution is -2.50. The van der Waals surface area contributed by atoms with Crippen molar-refractivity contribution < 1.29 is 41.0 Å². The Hall–Kier alpha value is -3.28. The van der Waals surface area contributed by atoms with Gasteiger partial charge in [0, 0.05) is 32.6 Å². The Labute approximate surface area is 234 Å². The SMILES string of the molecule is CN(C(=O)C(C)(C)c1cc(C(F)(F)F)cc(C(F)(F)F)c1)[C@@H]1CN(C(=O)N2CCC[C@H]2CO)C[C@H]1c1ccccc1. The summed E-state index contributed by atoms with van der Waals surface area (Å²) < 4.78 is 81.3. The van der Waals surface area contributed by atoms with Gasteiger partial charge in [-0.3, -0.25) is 4.79 Å². The molecule has 0 aromatic heterocycles. The van der Waals surface area contributed by atoms with E-state index in [1.54, 1.807) is 9.80 Å². The predicted molar refractivity (Wildman–Crippen MR) is 139 cm³/mol. The molecule has 0 saturated carbocycles. The van der Waals surface area contributed by atoms with Gasteiger partial charge in [-0.25, -0.2) is 4.79 Å². The van der Waals surface area contributed by atoms with Crippen molar-refractivity contribution >= 4 is 11.9 Å². The van der Waals surface area contributed by atoms with Crippen LogP contribution in [0.1, 0.15) is 54.9 Å². The minimum Gasteiger partial charge on any atom is -0.394 e. The second kappa shape index (κ2) is 11.2. The molecular formula is C29H33F6N3O3. The van der Waals surface area contributed by atoms with Gasteiger partial charge >= 0.3 is 18.4 Å². The number of hydrogen-bond acceptors (Lipinski definition) is 3. The van der Waals surface area contributed by atoms with Crippen molar-refractivity contribution in [3.05, 3.63) is 70.8 Å². The molecule has 0 aliphatic carbocycles. The Balaban J connectivity index is 1.68. The van der Waals surface area contributed by atoms with E-state index in [0.717, 1.165) is 12.0 Å². The number of rotatable bonds is 5. The van der Waals surface area contributed by atoms with Crippen LogP contribution < -0.4 is 0 Å². The highest BCUT2D eigenvalue weighted by Crippen LogP contribution is 2.40. The van der Waals surface area contributed by atoms with Crippen LogP contribution in [0.25, 0.3) is 0 Å². The zero-order chi connectivity index (χ0) is 30.3. The summed E-state index contributed by atoms with van der Waals surface area (Å²) in [5.41, 5.74) is -4.32. The van der Waals surface area contributed by atoms with Crippen LogP contribution in [-0.2, 0) is 22.6 Å². The number of aliphatic hydroxyl groups is 1. The summed E-state index contributed by atoms with van der Waals surface area (Å²) in [5, 5.41) is 9.70. The first-order valence-electron chi connectivity index (χ1n) is 13.3. The highest BCUT2D eigenvalue weighted by molar-refractivity contribution is 5.88. The molecule has 2 saturated heterocycles. The van der Waals surface area contributed by atoms with Crippen LogP contribution >= 0.6 is 0 Å². The fourth-order valence-electron chi connectivity index (χ4n) is 5.85. The summed E-state index contributed by atoms with van der Waals surface area (Å²) >= 11 is 0. The Kier molecular flexibility index (Phi) is 8.37. The van der Waals surface area contributed by atoms with Crippen LogP contribution in [0.5, 0.6) is 0 Å². The molecule has 2 heterocycles. The van der Waals surface area contributed by atoms with Gasteiger partial charge < -0.3 is 19.8 Å². The second-order valence-electron chi connectivity index (χ2n) is 11.3. The summed E-state index contributed by atoms with van der Waals surface area (Å²) in [6.07, 6.45) is -8.67. The van der Waals surface area contributed by atoms with Crippen LogP contribution in [0, 0.1) is 0 Å². The third kappa shape index (κ3) is 6.17. The van der Waals surface area contributed by atoms with E-state index in [9.17, 15) is 41.0 Å². The molecule has 0 spiro atoms. The molecule has 0 unspecified atom stereocenters. The zero-order valence-corrected chi connectivity index (χ0v) is 23.0. The number of aliphatic hydroxyl groups excluding tert-OH is 1. The predicted octanol–water partition coefficient (Wildman–Crippen LogP) is 5.50. The van der Waals surface area contributed by atoms with Crippen molar-refractivity contribution in [1.82, 2.24) is 14.7 Å². The number of hydrogen-bond donors (Lipinski definition) is 1. The minimum absolute atomic E-state index is 0.0393. The molecule has 1 N–H and O–H groups in total. The maximum absolute atomic E-state index is 13.9. The van der Waals surface area contributed by atoms with E-state index in [4.69, 9.17) is 0 Å². The van der Waals surface area contributed by atoms with Gasteiger partial charge in [-0.05, 0) is 56.0 Å². The van der Waals surface area contributed by atoms with E-state index >= 15 is 0 Å². The number of alkyl halides is 6. The number of likely N-dealkylation sites (tertiary alicyclic amines) is 2. The van der Waals surface area contributed by atoms with Gasteiger partial charge in [-0.1, -0.05) is 30.3 Å². The first-order chi connectivity index (χ1) is 19.1. The largest absolute Gasteiger partial charge is 0.416 e. The third-order valence-corrected chi connectivity index (χ3v) is 8.28. The molecular weight excluding hydrogens is 552 g/mol. The zero-order valence-electron chi connectivity index (χ0n) is 23.0. The van der Waals surface area contributed by atoms with Crippen molar-refractivity contribution in [3.63, 3.8) is 0 Å². The third-order valence-electron chi connectivity index (χ3n) is 8.28. The Morgan fingerprint density at radius 3 is 2.02 bits per heavy atom. The molecule has 2 aromatic carbocycles. The molecule has 3 amide bonds. The number of benzene rings is 2. The average molecular weight is 586 g/mol. The van der Waals surface area contributed by atoms with Gasteiger partial charge in [-0.2, -0.15) is 26.3 Å². The number of carbonyl (C=O) groups is 2. The Morgan fingerprint density at radius 1 is 0.927 bits per heavy atom. The number of carbonyl (C=O) groups excluding carboxylic acids is 2. The molecule has 4 rings (SSSR count). The fourth-order valence-corrected chi connectivity index (χ4v) is 5.85. The van der Waals surface area contributed by atoms with Crippen LogP contribution in [0.15, 0.2) is 48.5 Å². The van der Waals surface area contributed by atoms with Gasteiger partial charge in [0.1, 0.15) is 0 Å². The van der Waals surface area contributed by atoms with E-state index in [0.29, 0.717) is 25.1 Å². The maximum Gasteiger partial charge on any atom is 0.416 e. The van der Waals surface area contributed by atoms with E-state index in [1.165, 1.54) is 25.8 Å². The van der Waals surface area contributed by atoms with E-state index in [-0.39, 0.29) is 43.8 Å². The van der Waals surface area contributed by atoms with Crippen molar-refractivity contribution in [3.8, 4) is 0 Å². The van der Waals surface area contributed by atoms with Gasteiger partial charge in [0.15, 0.2) is 0 Å². The molecule has 3 atom stereocenters. The van der Waals surface area contributed by atoms with Crippen molar-refractivity contribution in [1.29, 1.82) is 0 Å². The van der Waals surface area contributed by atoms with Crippen LogP contribution in [0.4, 0.5) is 31.1 Å². The lowest BCUT2D eigenvalue weighted by atomic mass is 9.80. The van der Waals surface area contributed by atoms with Gasteiger partial charge in [-0.15, -0.1) is 0 Å². The minimum atomic E-state index is -5.05. The van der Waals surface area contributed by atoms with Crippen molar-refractivity contribution in [2.75, 3.05) is 33.3 Å². The summed E-state index contributed by atoms with van der Waals surface area (Å²) in [5.74, 6) is -1.04. The van der Waals surface area contributed by atoms with Crippen LogP contribution in [0.2, 0.25) is 0 Å².